The van der Waals surface area contributed by atoms with Gasteiger partial charge in [-0.15, -0.1) is 0 Å². The van der Waals surface area contributed by atoms with Crippen LogP contribution in [0.25, 0.3) is 0 Å². The molecule has 0 unspecified atom stereocenters. The summed E-state index contributed by atoms with van der Waals surface area (Å²) in [6.07, 6.45) is 1.17. The van der Waals surface area contributed by atoms with Crippen molar-refractivity contribution in [3.05, 3.63) is 76.0 Å². The molecule has 0 aliphatic rings. The number of hydrogen-bond acceptors (Lipinski definition) is 6. The van der Waals surface area contributed by atoms with Crippen LogP contribution < -0.4 is 10.6 Å². The summed E-state index contributed by atoms with van der Waals surface area (Å²) in [7, 11) is 0. The zero-order valence-corrected chi connectivity index (χ0v) is 13.7. The Balaban J connectivity index is 2.09. The number of nitro groups is 1. The van der Waals surface area contributed by atoms with Crippen LogP contribution in [0.15, 0.2) is 60.3 Å². The van der Waals surface area contributed by atoms with Crippen LogP contribution in [-0.4, -0.2) is 16.6 Å². The molecule has 0 aromatic heterocycles. The van der Waals surface area contributed by atoms with Crippen molar-refractivity contribution in [2.75, 3.05) is 10.6 Å². The number of amides is 1. The summed E-state index contributed by atoms with van der Waals surface area (Å²) in [6, 6.07) is 13.7. The Morgan fingerprint density at radius 1 is 1.15 bits per heavy atom. The maximum absolute atomic E-state index is 12.1. The van der Waals surface area contributed by atoms with E-state index >= 15 is 0 Å². The molecule has 0 bridgehead atoms. The van der Waals surface area contributed by atoms with E-state index < -0.39 is 10.8 Å². The minimum Gasteiger partial charge on any atom is -0.360 e. The summed E-state index contributed by atoms with van der Waals surface area (Å²) < 4.78 is 0. The number of benzene rings is 2. The number of carbonyl (C=O) groups excluding carboxylic acids is 2. The molecule has 0 saturated heterocycles. The van der Waals surface area contributed by atoms with E-state index in [1.165, 1.54) is 31.3 Å². The number of carbonyl (C=O) groups is 2. The lowest BCUT2D eigenvalue weighted by molar-refractivity contribution is -0.384. The van der Waals surface area contributed by atoms with Gasteiger partial charge in [-0.05, 0) is 37.3 Å². The van der Waals surface area contributed by atoms with Crippen LogP contribution in [0.3, 0.4) is 0 Å². The van der Waals surface area contributed by atoms with Crippen molar-refractivity contribution in [3.63, 3.8) is 0 Å². The number of ketones is 1. The molecular weight excluding hydrogens is 336 g/mol. The van der Waals surface area contributed by atoms with Gasteiger partial charge in [-0.25, -0.2) is 0 Å². The lowest BCUT2D eigenvalue weighted by atomic mass is 10.1. The average Bonchev–Trinajstić information content (AvgIpc) is 2.63. The summed E-state index contributed by atoms with van der Waals surface area (Å²) in [5.74, 6) is -0.748. The predicted molar refractivity (Wildman–Crippen MR) is 95.5 cm³/mol. The number of anilines is 2. The summed E-state index contributed by atoms with van der Waals surface area (Å²) in [5.41, 5.74) is 0.970. The van der Waals surface area contributed by atoms with E-state index in [0.717, 1.165) is 0 Å². The maximum Gasteiger partial charge on any atom is 0.271 e. The summed E-state index contributed by atoms with van der Waals surface area (Å²) in [4.78, 5) is 33.6. The van der Waals surface area contributed by atoms with E-state index in [9.17, 15) is 19.7 Å². The van der Waals surface area contributed by atoms with Crippen molar-refractivity contribution in [1.29, 1.82) is 5.26 Å². The van der Waals surface area contributed by atoms with Crippen molar-refractivity contribution in [1.82, 2.24) is 0 Å². The molecule has 8 nitrogen and oxygen atoms in total. The van der Waals surface area contributed by atoms with Crippen LogP contribution in [0.5, 0.6) is 0 Å². The van der Waals surface area contributed by atoms with Crippen molar-refractivity contribution in [2.45, 2.75) is 6.92 Å². The SMILES string of the molecule is CC(=O)c1ccc(NC(=O)/C(C#N)=C\Nc2cccc([N+](=O)[O-])c2)cc1. The number of rotatable bonds is 6. The van der Waals surface area contributed by atoms with Crippen LogP contribution in [0.2, 0.25) is 0 Å². The zero-order chi connectivity index (χ0) is 19.1. The van der Waals surface area contributed by atoms with Gasteiger partial charge in [-0.2, -0.15) is 5.26 Å². The Labute approximate surface area is 148 Å². The molecule has 2 aromatic rings. The van der Waals surface area contributed by atoms with Crippen LogP contribution in [-0.2, 0) is 4.79 Å². The normalized spacial score (nSPS) is 10.5. The van der Waals surface area contributed by atoms with Gasteiger partial charge in [0.2, 0.25) is 0 Å². The third-order valence-electron chi connectivity index (χ3n) is 3.35. The summed E-state index contributed by atoms with van der Waals surface area (Å²) in [5, 5.41) is 25.1. The molecule has 0 aliphatic heterocycles. The Hall–Kier alpha value is -3.99. The molecular formula is C18H14N4O4. The first kappa shape index (κ1) is 18.4. The van der Waals surface area contributed by atoms with Crippen LogP contribution in [0.1, 0.15) is 17.3 Å². The summed E-state index contributed by atoms with van der Waals surface area (Å²) >= 11 is 0. The van der Waals surface area contributed by atoms with Gasteiger partial charge in [0.1, 0.15) is 11.6 Å². The van der Waals surface area contributed by atoms with Crippen molar-refractivity contribution < 1.29 is 14.5 Å². The molecule has 2 aromatic carbocycles. The Morgan fingerprint density at radius 2 is 1.85 bits per heavy atom. The first-order valence-corrected chi connectivity index (χ1v) is 7.44. The molecule has 2 rings (SSSR count). The number of nitrogens with zero attached hydrogens (tertiary/aromatic N) is 2. The number of nitro benzene ring substituents is 1. The number of non-ortho nitro benzene ring substituents is 1. The molecule has 26 heavy (non-hydrogen) atoms. The van der Waals surface area contributed by atoms with Gasteiger partial charge in [-0.1, -0.05) is 6.07 Å². The van der Waals surface area contributed by atoms with E-state index in [-0.39, 0.29) is 17.0 Å². The number of nitrogens with one attached hydrogen (secondary N) is 2. The fourth-order valence-corrected chi connectivity index (χ4v) is 2.00. The van der Waals surface area contributed by atoms with E-state index in [1.54, 1.807) is 36.4 Å². The first-order valence-electron chi connectivity index (χ1n) is 7.44. The van der Waals surface area contributed by atoms with Crippen molar-refractivity contribution in [3.8, 4) is 6.07 Å². The largest absolute Gasteiger partial charge is 0.360 e. The highest BCUT2D eigenvalue weighted by molar-refractivity contribution is 6.07. The monoisotopic (exact) mass is 350 g/mol. The fourth-order valence-electron chi connectivity index (χ4n) is 2.00. The molecule has 1 amide bonds. The second-order valence-electron chi connectivity index (χ2n) is 5.21. The molecule has 2 N–H and O–H groups in total. The second kappa shape index (κ2) is 8.21. The second-order valence-corrected chi connectivity index (χ2v) is 5.21. The van der Waals surface area contributed by atoms with Crippen molar-refractivity contribution >= 4 is 28.8 Å². The zero-order valence-electron chi connectivity index (χ0n) is 13.7. The minimum absolute atomic E-state index is 0.0957. The number of Topliss-reactive ketones (excluding diaryl/α,β-unsaturated/α-hetero) is 1. The quantitative estimate of drug-likeness (QED) is 0.271. The van der Waals surface area contributed by atoms with E-state index in [1.807, 2.05) is 0 Å². The van der Waals surface area contributed by atoms with Crippen LogP contribution in [0, 0.1) is 21.4 Å². The number of hydrogen-bond donors (Lipinski definition) is 2. The molecule has 0 fully saturated rings. The number of nitriles is 1. The van der Waals surface area contributed by atoms with E-state index in [2.05, 4.69) is 10.6 Å². The lowest BCUT2D eigenvalue weighted by Gasteiger charge is -2.06. The highest BCUT2D eigenvalue weighted by Gasteiger charge is 2.10. The molecule has 0 heterocycles. The van der Waals surface area contributed by atoms with Gasteiger partial charge in [-0.3, -0.25) is 19.7 Å². The molecule has 0 aliphatic carbocycles. The first-order chi connectivity index (χ1) is 12.4. The molecule has 0 atom stereocenters. The molecule has 0 saturated carbocycles. The van der Waals surface area contributed by atoms with Gasteiger partial charge in [0, 0.05) is 35.3 Å². The Morgan fingerprint density at radius 3 is 2.42 bits per heavy atom. The molecule has 130 valence electrons. The van der Waals surface area contributed by atoms with Crippen LogP contribution in [0.4, 0.5) is 17.1 Å². The summed E-state index contributed by atoms with van der Waals surface area (Å²) in [6.45, 7) is 1.43. The van der Waals surface area contributed by atoms with Gasteiger partial charge in [0.25, 0.3) is 11.6 Å². The van der Waals surface area contributed by atoms with E-state index in [4.69, 9.17) is 5.26 Å². The van der Waals surface area contributed by atoms with E-state index in [0.29, 0.717) is 16.9 Å². The van der Waals surface area contributed by atoms with Gasteiger partial charge >= 0.3 is 0 Å². The third kappa shape index (κ3) is 4.75. The molecule has 8 heteroatoms. The highest BCUT2D eigenvalue weighted by Crippen LogP contribution is 2.17. The van der Waals surface area contributed by atoms with Gasteiger partial charge < -0.3 is 10.6 Å². The smallest absolute Gasteiger partial charge is 0.271 e. The fraction of sp³-hybridized carbons (Fsp3) is 0.0556. The highest BCUT2D eigenvalue weighted by atomic mass is 16.6. The minimum atomic E-state index is -0.652. The van der Waals surface area contributed by atoms with Crippen LogP contribution >= 0.6 is 0 Å². The standard InChI is InChI=1S/C18H14N4O4/c1-12(23)13-5-7-15(8-6-13)21-18(24)14(10-19)11-20-16-3-2-4-17(9-16)22(25)26/h2-9,11,20H,1H3,(H,21,24)/b14-11-. The lowest BCUT2D eigenvalue weighted by Crippen LogP contribution is -2.14. The van der Waals surface area contributed by atoms with Crippen molar-refractivity contribution in [2.24, 2.45) is 0 Å². The topological polar surface area (TPSA) is 125 Å². The van der Waals surface area contributed by atoms with Gasteiger partial charge in [0.05, 0.1) is 4.92 Å². The Kier molecular flexibility index (Phi) is 5.79. The molecule has 0 spiro atoms. The predicted octanol–water partition coefficient (Wildman–Crippen LogP) is 3.26. The average molecular weight is 350 g/mol. The van der Waals surface area contributed by atoms with Gasteiger partial charge in [0.15, 0.2) is 5.78 Å². The third-order valence-corrected chi connectivity index (χ3v) is 3.35. The maximum atomic E-state index is 12.1. The Bertz CT molecular complexity index is 927. The molecule has 0 radical (unpaired) electrons.